The first-order chi connectivity index (χ1) is 21.1. The fourth-order valence-corrected chi connectivity index (χ4v) is 9.49. The van der Waals surface area contributed by atoms with E-state index in [9.17, 15) is 32.3 Å². The smallest absolute Gasteiger partial charge is 0.324 e. The summed E-state index contributed by atoms with van der Waals surface area (Å²) < 4.78 is 41.7. The highest BCUT2D eigenvalue weighted by atomic mass is 32.2. The molecule has 2 aromatic heterocycles. The van der Waals surface area contributed by atoms with Crippen molar-refractivity contribution >= 4 is 74.3 Å². The van der Waals surface area contributed by atoms with Crippen LogP contribution in [0.3, 0.4) is 0 Å². The molecule has 0 radical (unpaired) electrons. The van der Waals surface area contributed by atoms with Crippen LogP contribution in [-0.4, -0.2) is 27.5 Å². The Labute approximate surface area is 259 Å². The number of carbonyl (C=O) groups excluding carboxylic acids is 3. The van der Waals surface area contributed by atoms with E-state index in [1.54, 1.807) is 18.2 Å². The van der Waals surface area contributed by atoms with Crippen LogP contribution in [0.4, 0.5) is 24.5 Å². The second-order valence-electron chi connectivity index (χ2n) is 10.3. The molecule has 3 atom stereocenters. The van der Waals surface area contributed by atoms with E-state index in [-0.39, 0.29) is 12.2 Å². The summed E-state index contributed by atoms with van der Waals surface area (Å²) in [4.78, 5) is 56.0. The topological polar surface area (TPSA) is 88.5 Å². The summed E-state index contributed by atoms with van der Waals surface area (Å²) in [6.45, 7) is -0.324. The fourth-order valence-electron chi connectivity index (χ4n) is 5.77. The standard InChI is InChI=1S/C31H20F3N3O4S3/c32-31(33,34)17-8-4-9-18(14-17)37-27(39)24-23(21-12-5-13-42-21)26-29(43-25(24)28(37)40)36(30(41)44-26)15-22(38)35-20-11-3-7-16-6-1-2-10-19(16)20/h1-14,23-25H,15H2,(H,35,38)/t23-,24-,25+/m0/s1. The first-order valence-corrected chi connectivity index (χ1v) is 16.0. The van der Waals surface area contributed by atoms with Gasteiger partial charge in [0, 0.05) is 26.7 Å². The van der Waals surface area contributed by atoms with Gasteiger partial charge in [-0.25, -0.2) is 4.90 Å². The normalized spacial score (nSPS) is 19.7. The lowest BCUT2D eigenvalue weighted by atomic mass is 9.87. The highest BCUT2D eigenvalue weighted by Crippen LogP contribution is 2.54. The molecule has 1 fully saturated rings. The molecule has 0 bridgehead atoms. The molecule has 7 nitrogen and oxygen atoms in total. The van der Waals surface area contributed by atoms with Crippen LogP contribution in [0.1, 0.15) is 21.2 Å². The summed E-state index contributed by atoms with van der Waals surface area (Å²) in [7, 11) is 0. The number of anilines is 2. The Balaban J connectivity index is 1.25. The van der Waals surface area contributed by atoms with Crippen molar-refractivity contribution in [3.63, 3.8) is 0 Å². The molecule has 1 saturated heterocycles. The molecule has 4 heterocycles. The van der Waals surface area contributed by atoms with E-state index in [2.05, 4.69) is 5.32 Å². The summed E-state index contributed by atoms with van der Waals surface area (Å²) in [6, 6.07) is 20.8. The van der Waals surface area contributed by atoms with Crippen LogP contribution in [0.25, 0.3) is 10.8 Å². The van der Waals surface area contributed by atoms with Crippen LogP contribution in [0, 0.1) is 5.92 Å². The third kappa shape index (κ3) is 4.75. The molecule has 13 heteroatoms. The third-order valence-electron chi connectivity index (χ3n) is 7.70. The van der Waals surface area contributed by atoms with Crippen molar-refractivity contribution in [2.24, 2.45) is 5.92 Å². The number of halogens is 3. The van der Waals surface area contributed by atoms with Gasteiger partial charge < -0.3 is 5.32 Å². The number of fused-ring (bicyclic) bond motifs is 3. The molecule has 0 spiro atoms. The summed E-state index contributed by atoms with van der Waals surface area (Å²) in [5, 5.41) is 5.87. The molecular weight excluding hydrogens is 632 g/mol. The average Bonchev–Trinajstić information content (AvgIpc) is 3.70. The van der Waals surface area contributed by atoms with Gasteiger partial charge in [0.05, 0.1) is 22.2 Å². The monoisotopic (exact) mass is 651 g/mol. The predicted octanol–water partition coefficient (Wildman–Crippen LogP) is 6.58. The molecule has 2 aliphatic heterocycles. The number of thiophene rings is 1. The van der Waals surface area contributed by atoms with E-state index in [1.807, 2.05) is 41.8 Å². The van der Waals surface area contributed by atoms with Crippen LogP contribution in [-0.2, 0) is 27.1 Å². The van der Waals surface area contributed by atoms with E-state index in [4.69, 9.17) is 0 Å². The number of amides is 3. The van der Waals surface area contributed by atoms with Crippen LogP contribution < -0.4 is 15.1 Å². The van der Waals surface area contributed by atoms with E-state index in [0.29, 0.717) is 15.6 Å². The third-order valence-corrected chi connectivity index (χ3v) is 11.3. The molecule has 1 N–H and O–H groups in total. The zero-order chi connectivity index (χ0) is 30.7. The molecule has 3 aromatic carbocycles. The molecule has 5 aromatic rings. The van der Waals surface area contributed by atoms with E-state index < -0.39 is 51.4 Å². The van der Waals surface area contributed by atoms with Crippen molar-refractivity contribution in [3.05, 3.63) is 109 Å². The minimum absolute atomic E-state index is 0.162. The molecular formula is C31H20F3N3O4S3. The number of benzene rings is 3. The molecule has 7 rings (SSSR count). The summed E-state index contributed by atoms with van der Waals surface area (Å²) in [5.74, 6) is -3.36. The number of aromatic nitrogens is 1. The van der Waals surface area contributed by atoms with Gasteiger partial charge in [-0.05, 0) is 41.1 Å². The van der Waals surface area contributed by atoms with Gasteiger partial charge in [0.2, 0.25) is 17.7 Å². The molecule has 0 aliphatic carbocycles. The Morgan fingerprint density at radius 3 is 2.45 bits per heavy atom. The maximum absolute atomic E-state index is 13.9. The molecule has 222 valence electrons. The molecule has 0 unspecified atom stereocenters. The highest BCUT2D eigenvalue weighted by molar-refractivity contribution is 8.00. The quantitative estimate of drug-likeness (QED) is 0.217. The second-order valence-corrected chi connectivity index (χ2v) is 13.4. The predicted molar refractivity (Wildman–Crippen MR) is 164 cm³/mol. The largest absolute Gasteiger partial charge is 0.416 e. The molecule has 3 amide bonds. The van der Waals surface area contributed by atoms with E-state index >= 15 is 0 Å². The highest BCUT2D eigenvalue weighted by Gasteiger charge is 2.57. The summed E-state index contributed by atoms with van der Waals surface area (Å²) >= 11 is 3.28. The molecule has 44 heavy (non-hydrogen) atoms. The number of thiazole rings is 1. The zero-order valence-corrected chi connectivity index (χ0v) is 24.9. The SMILES string of the molecule is O=C(Cn1c2c(sc1=O)[C@@H](c1cccs1)[C@@H]1C(=O)N(c3cccc(C(F)(F)F)c3)C(=O)[C@@H]1S2)Nc1cccc2ccccc12. The number of imide groups is 1. The van der Waals surface area contributed by atoms with Gasteiger partial charge in [-0.2, -0.15) is 13.2 Å². The number of rotatable bonds is 5. The van der Waals surface area contributed by atoms with Gasteiger partial charge in [-0.1, -0.05) is 71.6 Å². The van der Waals surface area contributed by atoms with Gasteiger partial charge >= 0.3 is 11.0 Å². The Morgan fingerprint density at radius 1 is 0.909 bits per heavy atom. The van der Waals surface area contributed by atoms with Crippen molar-refractivity contribution in [3.8, 4) is 0 Å². The number of thioether (sulfide) groups is 1. The first kappa shape index (κ1) is 28.6. The van der Waals surface area contributed by atoms with Crippen molar-refractivity contribution < 1.29 is 27.6 Å². The molecule has 0 saturated carbocycles. The fraction of sp³-hybridized carbons (Fsp3) is 0.161. The van der Waals surface area contributed by atoms with Gasteiger partial charge in [-0.15, -0.1) is 11.3 Å². The number of carbonyl (C=O) groups is 3. The Kier molecular flexibility index (Phi) is 6.98. The molecule has 2 aliphatic rings. The van der Waals surface area contributed by atoms with Crippen LogP contribution in [0.5, 0.6) is 0 Å². The van der Waals surface area contributed by atoms with Crippen molar-refractivity contribution in [1.29, 1.82) is 0 Å². The van der Waals surface area contributed by atoms with Gasteiger partial charge in [0.15, 0.2) is 0 Å². The van der Waals surface area contributed by atoms with Gasteiger partial charge in [-0.3, -0.25) is 23.7 Å². The number of alkyl halides is 3. The Hall–Kier alpha value is -4.20. The van der Waals surface area contributed by atoms with Crippen LogP contribution in [0.15, 0.2) is 94.1 Å². The maximum Gasteiger partial charge on any atom is 0.416 e. The summed E-state index contributed by atoms with van der Waals surface area (Å²) in [6.07, 6.45) is -4.66. The number of hydrogen-bond donors (Lipinski definition) is 1. The Morgan fingerprint density at radius 2 is 1.68 bits per heavy atom. The lowest BCUT2D eigenvalue weighted by molar-refractivity contribution is -0.137. The zero-order valence-electron chi connectivity index (χ0n) is 22.4. The van der Waals surface area contributed by atoms with Gasteiger partial charge in [0.25, 0.3) is 0 Å². The Bertz CT molecular complexity index is 2010. The van der Waals surface area contributed by atoms with E-state index in [1.165, 1.54) is 22.0 Å². The van der Waals surface area contributed by atoms with Crippen molar-refractivity contribution in [1.82, 2.24) is 4.57 Å². The lowest BCUT2D eigenvalue weighted by Crippen LogP contribution is -2.32. The minimum Gasteiger partial charge on any atom is -0.324 e. The minimum atomic E-state index is -4.66. The van der Waals surface area contributed by atoms with Crippen molar-refractivity contribution in [2.45, 2.75) is 28.9 Å². The number of nitrogens with one attached hydrogen (secondary N) is 1. The lowest BCUT2D eigenvalue weighted by Gasteiger charge is -2.29. The summed E-state index contributed by atoms with van der Waals surface area (Å²) in [5.41, 5.74) is -0.550. The first-order valence-electron chi connectivity index (χ1n) is 13.4. The van der Waals surface area contributed by atoms with Crippen LogP contribution >= 0.6 is 34.4 Å². The average molecular weight is 652 g/mol. The second kappa shape index (κ2) is 10.8. The van der Waals surface area contributed by atoms with Crippen molar-refractivity contribution in [2.75, 3.05) is 10.2 Å². The number of hydrogen-bond acceptors (Lipinski definition) is 7. The van der Waals surface area contributed by atoms with Crippen LogP contribution in [0.2, 0.25) is 0 Å². The maximum atomic E-state index is 13.9. The van der Waals surface area contributed by atoms with Gasteiger partial charge in [0.1, 0.15) is 11.8 Å². The van der Waals surface area contributed by atoms with E-state index in [0.717, 1.165) is 61.8 Å². The number of nitrogens with zero attached hydrogens (tertiary/aromatic N) is 2.